The quantitative estimate of drug-likeness (QED) is 0.713. The highest BCUT2D eigenvalue weighted by atomic mass is 19.1. The van der Waals surface area contributed by atoms with Crippen LogP contribution in [0.25, 0.3) is 16.7 Å². The lowest BCUT2D eigenvalue weighted by molar-refractivity contribution is 0.173. The van der Waals surface area contributed by atoms with Crippen LogP contribution < -0.4 is 10.2 Å². The molecule has 3 atom stereocenters. The van der Waals surface area contributed by atoms with Gasteiger partial charge in [0, 0.05) is 37.0 Å². The van der Waals surface area contributed by atoms with Crippen LogP contribution in [0.15, 0.2) is 24.4 Å². The molecule has 3 aromatic rings. The van der Waals surface area contributed by atoms with E-state index in [0.29, 0.717) is 12.5 Å². The van der Waals surface area contributed by atoms with E-state index in [0.717, 1.165) is 65.5 Å². The third kappa shape index (κ3) is 3.25. The van der Waals surface area contributed by atoms with Gasteiger partial charge in [-0.2, -0.15) is 5.10 Å². The monoisotopic (exact) mass is 408 g/mol. The fourth-order valence-corrected chi connectivity index (χ4v) is 4.90. The van der Waals surface area contributed by atoms with Gasteiger partial charge >= 0.3 is 0 Å². The van der Waals surface area contributed by atoms with Crippen molar-refractivity contribution in [3.63, 3.8) is 0 Å². The minimum atomic E-state index is -0.879. The zero-order valence-corrected chi connectivity index (χ0v) is 17.9. The van der Waals surface area contributed by atoms with E-state index in [1.165, 1.54) is 6.42 Å². The Kier molecular flexibility index (Phi) is 4.93. The summed E-state index contributed by atoms with van der Waals surface area (Å²) in [6, 6.07) is 6.29. The molecule has 6 nitrogen and oxygen atoms in total. The summed E-state index contributed by atoms with van der Waals surface area (Å²) in [5.41, 5.74) is 3.21. The van der Waals surface area contributed by atoms with Crippen molar-refractivity contribution in [3.8, 4) is 5.82 Å². The highest BCUT2D eigenvalue weighted by Gasteiger charge is 2.34. The van der Waals surface area contributed by atoms with E-state index in [9.17, 15) is 0 Å². The Hall–Kier alpha value is -2.54. The molecule has 2 aromatic heterocycles. The summed E-state index contributed by atoms with van der Waals surface area (Å²) in [4.78, 5) is 11.5. The minimum Gasteiger partial charge on any atom is -0.356 e. The van der Waals surface area contributed by atoms with Gasteiger partial charge in [0.25, 0.3) is 0 Å². The summed E-state index contributed by atoms with van der Waals surface area (Å²) in [5, 5.41) is 8.93. The van der Waals surface area contributed by atoms with Gasteiger partial charge in [-0.25, -0.2) is 19.0 Å². The van der Waals surface area contributed by atoms with Crippen LogP contribution in [0.5, 0.6) is 0 Å². The van der Waals surface area contributed by atoms with Gasteiger partial charge in [0.2, 0.25) is 0 Å². The number of hydrogen-bond donors (Lipinski definition) is 1. The first kappa shape index (κ1) is 19.4. The number of aromatic nitrogens is 4. The average molecular weight is 409 g/mol. The number of piperidine rings is 1. The number of fused-ring (bicyclic) bond motifs is 1. The molecule has 1 N–H and O–H groups in total. The first-order valence-electron chi connectivity index (χ1n) is 11.0. The molecule has 2 unspecified atom stereocenters. The Morgan fingerprint density at radius 2 is 1.90 bits per heavy atom. The summed E-state index contributed by atoms with van der Waals surface area (Å²) in [5.74, 6) is 2.66. The van der Waals surface area contributed by atoms with Crippen molar-refractivity contribution in [2.75, 3.05) is 31.1 Å². The van der Waals surface area contributed by atoms with E-state index < -0.39 is 6.17 Å². The second-order valence-electron chi connectivity index (χ2n) is 8.66. The van der Waals surface area contributed by atoms with Gasteiger partial charge in [-0.15, -0.1) is 0 Å². The molecular weight excluding hydrogens is 379 g/mol. The van der Waals surface area contributed by atoms with Crippen molar-refractivity contribution in [2.24, 2.45) is 5.92 Å². The third-order valence-electron chi connectivity index (χ3n) is 6.69. The molecule has 0 radical (unpaired) electrons. The maximum Gasteiger partial charge on any atom is 0.159 e. The second kappa shape index (κ2) is 7.61. The molecule has 4 heterocycles. The molecule has 2 aliphatic heterocycles. The van der Waals surface area contributed by atoms with Crippen LogP contribution in [0.1, 0.15) is 42.6 Å². The van der Waals surface area contributed by atoms with Crippen molar-refractivity contribution >= 4 is 16.7 Å². The van der Waals surface area contributed by atoms with Gasteiger partial charge in [0.15, 0.2) is 5.82 Å². The predicted octanol–water partition coefficient (Wildman–Crippen LogP) is 3.69. The van der Waals surface area contributed by atoms with Crippen molar-refractivity contribution in [1.29, 1.82) is 0 Å². The van der Waals surface area contributed by atoms with E-state index in [4.69, 9.17) is 0 Å². The Bertz CT molecular complexity index is 1070. The average Bonchev–Trinajstić information content (AvgIpc) is 3.08. The molecule has 0 aliphatic carbocycles. The summed E-state index contributed by atoms with van der Waals surface area (Å²) in [6.07, 6.45) is 3.15. The molecule has 2 saturated heterocycles. The summed E-state index contributed by atoms with van der Waals surface area (Å²) in [6.45, 7) is 9.50. The fourth-order valence-electron chi connectivity index (χ4n) is 4.90. The van der Waals surface area contributed by atoms with Crippen LogP contribution in [0.3, 0.4) is 0 Å². The molecular formula is C23H29FN6. The van der Waals surface area contributed by atoms with E-state index >= 15 is 4.39 Å². The molecule has 1 aromatic carbocycles. The Morgan fingerprint density at radius 3 is 2.63 bits per heavy atom. The van der Waals surface area contributed by atoms with Crippen molar-refractivity contribution in [3.05, 3.63) is 41.3 Å². The smallest absolute Gasteiger partial charge is 0.159 e. The molecule has 30 heavy (non-hydrogen) atoms. The third-order valence-corrected chi connectivity index (χ3v) is 6.69. The molecule has 0 bridgehead atoms. The van der Waals surface area contributed by atoms with Crippen molar-refractivity contribution in [2.45, 2.75) is 45.7 Å². The number of hydrogen-bond acceptors (Lipinski definition) is 5. The first-order chi connectivity index (χ1) is 14.5. The van der Waals surface area contributed by atoms with Gasteiger partial charge in [0.1, 0.15) is 17.8 Å². The standard InChI is InChI=1S/C23H29FN6/c1-4-16-11-25-13-19(24)23(16)18-9-20-17(8-14(18)2)12-26-30(20)22-10-21(27-15(3)28-22)29-6-5-7-29/h8-10,12,16,19,23,25H,4-7,11,13H2,1-3H3/t16-,19?,23?/m1/s1. The number of aryl methyl sites for hydroxylation is 2. The van der Waals surface area contributed by atoms with Gasteiger partial charge in [-0.05, 0) is 56.0 Å². The molecule has 5 rings (SSSR count). The molecule has 0 amide bonds. The normalized spacial score (nSPS) is 24.3. The number of benzene rings is 1. The lowest BCUT2D eigenvalue weighted by Crippen LogP contribution is -2.43. The summed E-state index contributed by atoms with van der Waals surface area (Å²) < 4.78 is 16.9. The first-order valence-corrected chi connectivity index (χ1v) is 11.0. The fraction of sp³-hybridized carbons (Fsp3) is 0.522. The van der Waals surface area contributed by atoms with E-state index in [-0.39, 0.29) is 5.92 Å². The lowest BCUT2D eigenvalue weighted by atomic mass is 9.77. The molecule has 158 valence electrons. The van der Waals surface area contributed by atoms with Crippen LogP contribution in [-0.2, 0) is 0 Å². The maximum absolute atomic E-state index is 15.0. The van der Waals surface area contributed by atoms with Crippen LogP contribution in [-0.4, -0.2) is 52.1 Å². The Morgan fingerprint density at radius 1 is 1.10 bits per heavy atom. The predicted molar refractivity (Wildman–Crippen MR) is 117 cm³/mol. The molecule has 0 spiro atoms. The zero-order valence-electron chi connectivity index (χ0n) is 17.9. The number of alkyl halides is 1. The number of rotatable bonds is 4. The van der Waals surface area contributed by atoms with Crippen LogP contribution in [0.4, 0.5) is 10.2 Å². The highest BCUT2D eigenvalue weighted by molar-refractivity contribution is 5.82. The highest BCUT2D eigenvalue weighted by Crippen LogP contribution is 2.38. The van der Waals surface area contributed by atoms with Gasteiger partial charge in [-0.3, -0.25) is 0 Å². The van der Waals surface area contributed by atoms with Crippen molar-refractivity contribution in [1.82, 2.24) is 25.1 Å². The Balaban J connectivity index is 1.61. The largest absolute Gasteiger partial charge is 0.356 e. The molecule has 2 aliphatic rings. The minimum absolute atomic E-state index is 0.0900. The van der Waals surface area contributed by atoms with Crippen LogP contribution in [0.2, 0.25) is 0 Å². The summed E-state index contributed by atoms with van der Waals surface area (Å²) in [7, 11) is 0. The Labute approximate surface area is 176 Å². The van der Waals surface area contributed by atoms with E-state index in [2.05, 4.69) is 51.3 Å². The second-order valence-corrected chi connectivity index (χ2v) is 8.66. The van der Waals surface area contributed by atoms with Gasteiger partial charge < -0.3 is 10.2 Å². The van der Waals surface area contributed by atoms with E-state index in [1.54, 1.807) is 0 Å². The van der Waals surface area contributed by atoms with E-state index in [1.807, 2.05) is 23.9 Å². The van der Waals surface area contributed by atoms with Gasteiger partial charge in [0.05, 0.1) is 11.7 Å². The maximum atomic E-state index is 15.0. The SMILES string of the molecule is CC[C@@H]1CNCC(F)C1c1cc2c(cnn2-c2cc(N3CCC3)nc(C)n2)cc1C. The van der Waals surface area contributed by atoms with Crippen LogP contribution in [0, 0.1) is 19.8 Å². The number of anilines is 1. The molecule has 7 heteroatoms. The van der Waals surface area contributed by atoms with Crippen molar-refractivity contribution < 1.29 is 4.39 Å². The molecule has 0 saturated carbocycles. The number of nitrogens with zero attached hydrogens (tertiary/aromatic N) is 5. The topological polar surface area (TPSA) is 58.9 Å². The number of nitrogens with one attached hydrogen (secondary N) is 1. The number of halogens is 1. The van der Waals surface area contributed by atoms with Gasteiger partial charge in [-0.1, -0.05) is 13.3 Å². The lowest BCUT2D eigenvalue weighted by Gasteiger charge is -2.35. The summed E-state index contributed by atoms with van der Waals surface area (Å²) >= 11 is 0. The van der Waals surface area contributed by atoms with Crippen LogP contribution >= 0.6 is 0 Å². The zero-order chi connectivity index (χ0) is 20.8. The molecule has 2 fully saturated rings.